The summed E-state index contributed by atoms with van der Waals surface area (Å²) in [6, 6.07) is 13.8. The zero-order chi connectivity index (χ0) is 25.3. The molecule has 0 atom stereocenters. The molecule has 12 heteroatoms. The number of aryl methyl sites for hydroxylation is 2. The molecule has 2 aliphatic rings. The number of Topliss-reactive ketones (excluding diaryl/α,β-unsaturated/α-hetero) is 1. The van der Waals surface area contributed by atoms with E-state index in [0.717, 1.165) is 27.2 Å². The summed E-state index contributed by atoms with van der Waals surface area (Å²) in [5.41, 5.74) is 1.95. The van der Waals surface area contributed by atoms with Crippen LogP contribution in [-0.2, 0) is 24.5 Å². The number of ketones is 1. The van der Waals surface area contributed by atoms with Crippen molar-refractivity contribution in [1.82, 2.24) is 4.98 Å². The van der Waals surface area contributed by atoms with Crippen molar-refractivity contribution < 1.29 is 37.1 Å². The van der Waals surface area contributed by atoms with Crippen LogP contribution in [0.3, 0.4) is 0 Å². The maximum absolute atomic E-state index is 15.2. The average molecular weight is 553 g/mol. The summed E-state index contributed by atoms with van der Waals surface area (Å²) >= 11 is 1.56. The van der Waals surface area contributed by atoms with Gasteiger partial charge in [-0.3, -0.25) is 4.79 Å². The molecule has 0 radical (unpaired) electrons. The SMILES string of the molecule is Cc1sc(-c2ccccc2)nc1CCC(=O)c1ccc(C([P+]2(O)OCCO2)[P+]2(O)OCCO2)cc1F. The summed E-state index contributed by atoms with van der Waals surface area (Å²) in [5, 5.41) is -0.324. The van der Waals surface area contributed by atoms with E-state index in [4.69, 9.17) is 18.1 Å². The van der Waals surface area contributed by atoms with Crippen LogP contribution in [0.4, 0.5) is 4.39 Å². The van der Waals surface area contributed by atoms with Gasteiger partial charge in [0.25, 0.3) is 0 Å². The quantitative estimate of drug-likeness (QED) is 0.271. The normalized spacial score (nSPS) is 18.7. The fraction of sp³-hybridized carbons (Fsp3) is 0.333. The molecule has 0 amide bonds. The van der Waals surface area contributed by atoms with E-state index in [9.17, 15) is 14.6 Å². The van der Waals surface area contributed by atoms with E-state index < -0.39 is 27.1 Å². The molecule has 8 nitrogen and oxygen atoms in total. The van der Waals surface area contributed by atoms with E-state index in [1.807, 2.05) is 37.3 Å². The molecule has 2 N–H and O–H groups in total. The number of carbonyl (C=O) groups is 1. The van der Waals surface area contributed by atoms with Crippen LogP contribution in [0.25, 0.3) is 10.6 Å². The van der Waals surface area contributed by atoms with Crippen molar-refractivity contribution in [2.45, 2.75) is 25.2 Å². The molecule has 3 heterocycles. The van der Waals surface area contributed by atoms with Crippen LogP contribution >= 0.6 is 27.2 Å². The maximum Gasteiger partial charge on any atom is 0.465 e. The molecule has 0 unspecified atom stereocenters. The molecular formula is C24H26FNO7P2S+2. The highest BCUT2D eigenvalue weighted by atomic mass is 32.1. The zero-order valence-corrected chi connectivity index (χ0v) is 22.1. The summed E-state index contributed by atoms with van der Waals surface area (Å²) in [5.74, 6) is -1.13. The molecule has 3 aromatic rings. The second-order valence-electron chi connectivity index (χ2n) is 8.39. The molecule has 0 bridgehead atoms. The van der Waals surface area contributed by atoms with Gasteiger partial charge in [0.05, 0.1) is 16.8 Å². The Balaban J connectivity index is 1.33. The van der Waals surface area contributed by atoms with Crippen molar-refractivity contribution in [2.24, 2.45) is 0 Å². The maximum atomic E-state index is 15.2. The molecule has 190 valence electrons. The summed E-state index contributed by atoms with van der Waals surface area (Å²) < 4.78 is 36.9. The highest BCUT2D eigenvalue weighted by molar-refractivity contribution is 7.78. The third kappa shape index (κ3) is 5.16. The molecule has 0 spiro atoms. The number of rotatable bonds is 8. The monoisotopic (exact) mass is 553 g/mol. The highest BCUT2D eigenvalue weighted by Gasteiger charge is 2.74. The molecule has 2 aromatic carbocycles. The fourth-order valence-corrected chi connectivity index (χ4v) is 10.6. The van der Waals surface area contributed by atoms with Crippen molar-refractivity contribution in [3.63, 3.8) is 0 Å². The van der Waals surface area contributed by atoms with E-state index in [2.05, 4.69) is 4.98 Å². The number of hydrogen-bond donors (Lipinski definition) is 2. The Morgan fingerprint density at radius 3 is 2.22 bits per heavy atom. The molecule has 36 heavy (non-hydrogen) atoms. The highest BCUT2D eigenvalue weighted by Crippen LogP contribution is 2.88. The lowest BCUT2D eigenvalue weighted by atomic mass is 10.0. The summed E-state index contributed by atoms with van der Waals surface area (Å²) in [4.78, 5) is 40.6. The first-order chi connectivity index (χ1) is 17.3. The van der Waals surface area contributed by atoms with Gasteiger partial charge < -0.3 is 0 Å². The lowest BCUT2D eigenvalue weighted by Crippen LogP contribution is -2.13. The summed E-state index contributed by atoms with van der Waals surface area (Å²) in [6.07, 6.45) is 0.475. The second-order valence-corrected chi connectivity index (χ2v) is 14.3. The minimum Gasteiger partial charge on any atom is -0.294 e. The van der Waals surface area contributed by atoms with Crippen molar-refractivity contribution >= 4 is 33.0 Å². The predicted octanol–water partition coefficient (Wildman–Crippen LogP) is 5.68. The Labute approximate surface area is 213 Å². The van der Waals surface area contributed by atoms with Gasteiger partial charge in [-0.05, 0) is 31.5 Å². The Bertz CT molecular complexity index is 1220. The molecule has 0 saturated carbocycles. The predicted molar refractivity (Wildman–Crippen MR) is 136 cm³/mol. The van der Waals surface area contributed by atoms with Crippen LogP contribution in [0.2, 0.25) is 0 Å². The number of hydrogen-bond acceptors (Lipinski definition) is 9. The Morgan fingerprint density at radius 1 is 1.03 bits per heavy atom. The van der Waals surface area contributed by atoms with Crippen molar-refractivity contribution in [3.05, 3.63) is 76.0 Å². The number of carbonyl (C=O) groups excluding carboxylic acids is 1. The largest absolute Gasteiger partial charge is 0.465 e. The van der Waals surface area contributed by atoms with Gasteiger partial charge in [-0.1, -0.05) is 30.3 Å². The molecular weight excluding hydrogens is 527 g/mol. The number of benzene rings is 2. The van der Waals surface area contributed by atoms with E-state index >= 15 is 4.39 Å². The van der Waals surface area contributed by atoms with E-state index in [0.29, 0.717) is 6.42 Å². The van der Waals surface area contributed by atoms with Gasteiger partial charge in [0, 0.05) is 16.9 Å². The third-order valence-corrected chi connectivity index (χ3v) is 12.8. The van der Waals surface area contributed by atoms with Gasteiger partial charge in [-0.15, -0.1) is 11.3 Å². The number of aromatic nitrogens is 1. The van der Waals surface area contributed by atoms with Crippen LogP contribution in [0.5, 0.6) is 0 Å². The molecule has 5 rings (SSSR count). The smallest absolute Gasteiger partial charge is 0.294 e. The first-order valence-electron chi connectivity index (χ1n) is 11.4. The van der Waals surface area contributed by atoms with Crippen molar-refractivity contribution in [3.8, 4) is 10.6 Å². The minimum atomic E-state index is -3.62. The van der Waals surface area contributed by atoms with Crippen LogP contribution in [-0.4, -0.2) is 47.0 Å². The Kier molecular flexibility index (Phi) is 7.61. The Morgan fingerprint density at radius 2 is 1.64 bits per heavy atom. The fourth-order valence-electron chi connectivity index (χ4n) is 4.24. The first kappa shape index (κ1) is 25.9. The molecule has 2 fully saturated rings. The van der Waals surface area contributed by atoms with E-state index in [1.54, 1.807) is 11.3 Å². The van der Waals surface area contributed by atoms with Crippen molar-refractivity contribution in [2.75, 3.05) is 26.4 Å². The summed E-state index contributed by atoms with van der Waals surface area (Å²) in [6.45, 7) is 2.52. The summed E-state index contributed by atoms with van der Waals surface area (Å²) in [7, 11) is -7.23. The molecule has 2 aliphatic heterocycles. The van der Waals surface area contributed by atoms with Crippen molar-refractivity contribution in [1.29, 1.82) is 0 Å². The first-order valence-corrected chi connectivity index (χ1v) is 15.6. The molecule has 1 aromatic heterocycles. The minimum absolute atomic E-state index is 0.0779. The van der Waals surface area contributed by atoms with Crippen LogP contribution in [0.15, 0.2) is 48.5 Å². The van der Waals surface area contributed by atoms with Gasteiger partial charge in [-0.25, -0.2) is 9.37 Å². The van der Waals surface area contributed by atoms with E-state index in [1.165, 1.54) is 12.1 Å². The number of nitrogens with zero attached hydrogens (tertiary/aromatic N) is 1. The van der Waals surface area contributed by atoms with E-state index in [-0.39, 0.29) is 49.8 Å². The second kappa shape index (κ2) is 10.6. The van der Waals surface area contributed by atoms with Gasteiger partial charge in [0.2, 0.25) is 0 Å². The zero-order valence-electron chi connectivity index (χ0n) is 19.5. The third-order valence-electron chi connectivity index (χ3n) is 5.98. The van der Waals surface area contributed by atoms with Crippen LogP contribution in [0.1, 0.15) is 38.3 Å². The van der Waals surface area contributed by atoms with Gasteiger partial charge >= 0.3 is 21.3 Å². The standard InChI is InChI=1S/C24H26FNO7P2S/c1-16-21(26-23(36-16)17-5-3-2-4-6-17)9-10-22(27)19-8-7-18(15-20(19)25)24(34(28)30-11-12-31-34)35(29)32-13-14-33-35/h2-8,15,24,28-29H,9-14H2,1H3/q+2. The average Bonchev–Trinajstić information content (AvgIpc) is 3.59. The lowest BCUT2D eigenvalue weighted by Gasteiger charge is -2.22. The number of halogens is 1. The Hall–Kier alpha value is -1.71. The van der Waals surface area contributed by atoms with Crippen LogP contribution < -0.4 is 0 Å². The lowest BCUT2D eigenvalue weighted by molar-refractivity contribution is 0.0978. The number of thiazole rings is 1. The van der Waals surface area contributed by atoms with Gasteiger partial charge in [-0.2, -0.15) is 27.9 Å². The molecule has 0 aliphatic carbocycles. The molecule has 2 saturated heterocycles. The van der Waals surface area contributed by atoms with Crippen LogP contribution in [0, 0.1) is 12.7 Å². The van der Waals surface area contributed by atoms with Gasteiger partial charge in [0.15, 0.2) is 5.78 Å². The topological polar surface area (TPSA) is 107 Å². The van der Waals surface area contributed by atoms with Gasteiger partial charge in [0.1, 0.15) is 37.3 Å².